The first-order chi connectivity index (χ1) is 16.9. The van der Waals surface area contributed by atoms with Gasteiger partial charge in [0.05, 0.1) is 17.6 Å². The third-order valence-corrected chi connectivity index (χ3v) is 5.76. The molecular weight excluding hydrogens is 534 g/mol. The van der Waals surface area contributed by atoms with E-state index in [-0.39, 0.29) is 0 Å². The van der Waals surface area contributed by atoms with Crippen LogP contribution in [0.25, 0.3) is 5.69 Å². The van der Waals surface area contributed by atoms with Crippen LogP contribution < -0.4 is 10.1 Å². The van der Waals surface area contributed by atoms with Crippen molar-refractivity contribution in [3.8, 4) is 17.2 Å². The van der Waals surface area contributed by atoms with Gasteiger partial charge in [0.2, 0.25) is 0 Å². The minimum Gasteiger partial charge on any atom is -0.457 e. The molecule has 0 saturated heterocycles. The Morgan fingerprint density at radius 2 is 1.71 bits per heavy atom. The van der Waals surface area contributed by atoms with Gasteiger partial charge in [0.15, 0.2) is 6.61 Å². The van der Waals surface area contributed by atoms with Crippen molar-refractivity contribution < 1.29 is 19.1 Å². The van der Waals surface area contributed by atoms with Crippen LogP contribution in [-0.4, -0.2) is 28.3 Å². The molecular formula is C26H21BrClN3O4. The molecule has 0 unspecified atom stereocenters. The lowest BCUT2D eigenvalue weighted by atomic mass is 10.2. The summed E-state index contributed by atoms with van der Waals surface area (Å²) >= 11 is 9.46. The maximum absolute atomic E-state index is 12.6. The van der Waals surface area contributed by atoms with Gasteiger partial charge in [-0.05, 0) is 73.2 Å². The van der Waals surface area contributed by atoms with Crippen molar-refractivity contribution in [2.75, 3.05) is 11.9 Å². The highest BCUT2D eigenvalue weighted by Gasteiger charge is 2.19. The summed E-state index contributed by atoms with van der Waals surface area (Å²) in [6, 6.07) is 21.5. The lowest BCUT2D eigenvalue weighted by Crippen LogP contribution is -2.21. The second-order valence-corrected chi connectivity index (χ2v) is 8.81. The SMILES string of the molecule is CCc1c(C(=O)OCC(=O)Nc2ccc(Oc3ccc(Br)cc3)cc2)cnn1-c1cccc(Cl)c1. The standard InChI is InChI=1S/C26H21BrClN3O4/c1-2-24-23(15-29-31(24)20-5-3-4-18(28)14-20)26(33)34-16-25(32)30-19-8-12-22(13-9-19)35-21-10-6-17(27)7-11-21/h3-15H,2,16H2,1H3,(H,30,32). The average molecular weight is 555 g/mol. The fraction of sp³-hybridized carbons (Fsp3) is 0.115. The molecule has 9 heteroatoms. The lowest BCUT2D eigenvalue weighted by Gasteiger charge is -2.10. The smallest absolute Gasteiger partial charge is 0.342 e. The summed E-state index contributed by atoms with van der Waals surface area (Å²) in [7, 11) is 0. The molecule has 0 aliphatic rings. The van der Waals surface area contributed by atoms with Gasteiger partial charge in [-0.3, -0.25) is 4.79 Å². The molecule has 35 heavy (non-hydrogen) atoms. The third-order valence-electron chi connectivity index (χ3n) is 5.00. The first kappa shape index (κ1) is 24.5. The third kappa shape index (κ3) is 6.29. The molecule has 1 N–H and O–H groups in total. The molecule has 0 aliphatic heterocycles. The molecule has 1 aromatic heterocycles. The zero-order valence-corrected chi connectivity index (χ0v) is 21.0. The van der Waals surface area contributed by atoms with Crippen molar-refractivity contribution in [3.63, 3.8) is 0 Å². The molecule has 0 aliphatic carbocycles. The first-order valence-electron chi connectivity index (χ1n) is 10.8. The highest BCUT2D eigenvalue weighted by molar-refractivity contribution is 9.10. The number of anilines is 1. The summed E-state index contributed by atoms with van der Waals surface area (Å²) in [6.07, 6.45) is 1.97. The summed E-state index contributed by atoms with van der Waals surface area (Å²) in [4.78, 5) is 24.9. The van der Waals surface area contributed by atoms with Crippen LogP contribution in [0.15, 0.2) is 83.5 Å². The van der Waals surface area contributed by atoms with Crippen LogP contribution in [-0.2, 0) is 16.0 Å². The summed E-state index contributed by atoms with van der Waals surface area (Å²) in [5.74, 6) is 0.242. The molecule has 1 amide bonds. The van der Waals surface area contributed by atoms with Crippen LogP contribution in [0.1, 0.15) is 23.0 Å². The molecule has 4 rings (SSSR count). The van der Waals surface area contributed by atoms with E-state index in [1.54, 1.807) is 47.1 Å². The number of rotatable bonds is 8. The Hall–Kier alpha value is -3.62. The maximum atomic E-state index is 12.6. The first-order valence-corrected chi connectivity index (χ1v) is 11.9. The van der Waals surface area contributed by atoms with E-state index in [1.165, 1.54) is 6.20 Å². The van der Waals surface area contributed by atoms with Crippen molar-refractivity contribution >= 4 is 45.1 Å². The largest absolute Gasteiger partial charge is 0.457 e. The Kier molecular flexibility index (Phi) is 7.84. The predicted molar refractivity (Wildman–Crippen MR) is 138 cm³/mol. The van der Waals surface area contributed by atoms with Crippen molar-refractivity contribution in [3.05, 3.63) is 99.7 Å². The van der Waals surface area contributed by atoms with E-state index in [0.717, 1.165) is 10.2 Å². The number of nitrogens with zero attached hydrogens (tertiary/aromatic N) is 2. The Labute approximate surface area is 215 Å². The van der Waals surface area contributed by atoms with Crippen LogP contribution in [0, 0.1) is 0 Å². The fourth-order valence-corrected chi connectivity index (χ4v) is 3.81. The number of benzene rings is 3. The summed E-state index contributed by atoms with van der Waals surface area (Å²) in [5.41, 5.74) is 2.25. The number of carbonyl (C=O) groups is 2. The van der Waals surface area contributed by atoms with Gasteiger partial charge < -0.3 is 14.8 Å². The topological polar surface area (TPSA) is 82.5 Å². The molecule has 0 bridgehead atoms. The van der Waals surface area contributed by atoms with Crippen LogP contribution in [0.4, 0.5) is 5.69 Å². The van der Waals surface area contributed by atoms with Crippen molar-refractivity contribution in [1.82, 2.24) is 9.78 Å². The van der Waals surface area contributed by atoms with Crippen LogP contribution in [0.5, 0.6) is 11.5 Å². The second-order valence-electron chi connectivity index (χ2n) is 7.45. The van der Waals surface area contributed by atoms with E-state index in [4.69, 9.17) is 21.1 Å². The minimum atomic E-state index is -0.622. The van der Waals surface area contributed by atoms with Crippen LogP contribution in [0.2, 0.25) is 5.02 Å². The Bertz CT molecular complexity index is 1340. The monoisotopic (exact) mass is 553 g/mol. The zero-order valence-electron chi connectivity index (χ0n) is 18.7. The van der Waals surface area contributed by atoms with Gasteiger partial charge >= 0.3 is 5.97 Å². The van der Waals surface area contributed by atoms with E-state index in [1.807, 2.05) is 37.3 Å². The molecule has 0 saturated carbocycles. The van der Waals surface area contributed by atoms with Crippen molar-refractivity contribution in [2.24, 2.45) is 0 Å². The number of halogens is 2. The lowest BCUT2D eigenvalue weighted by molar-refractivity contribution is -0.119. The number of nitrogens with one attached hydrogen (secondary N) is 1. The van der Waals surface area contributed by atoms with Gasteiger partial charge in [0.25, 0.3) is 5.91 Å². The van der Waals surface area contributed by atoms with Crippen molar-refractivity contribution in [2.45, 2.75) is 13.3 Å². The van der Waals surface area contributed by atoms with Crippen molar-refractivity contribution in [1.29, 1.82) is 0 Å². The molecule has 3 aromatic carbocycles. The fourth-order valence-electron chi connectivity index (χ4n) is 3.37. The van der Waals surface area contributed by atoms with E-state index in [9.17, 15) is 9.59 Å². The molecule has 178 valence electrons. The van der Waals surface area contributed by atoms with Gasteiger partial charge in [-0.1, -0.05) is 40.5 Å². The van der Waals surface area contributed by atoms with E-state index < -0.39 is 18.5 Å². The summed E-state index contributed by atoms with van der Waals surface area (Å²) < 4.78 is 13.6. The molecule has 0 spiro atoms. The van der Waals surface area contributed by atoms with E-state index in [0.29, 0.717) is 39.9 Å². The second kappa shape index (κ2) is 11.2. The van der Waals surface area contributed by atoms with Gasteiger partial charge in [-0.2, -0.15) is 5.10 Å². The number of amides is 1. The quantitative estimate of drug-likeness (QED) is 0.254. The molecule has 0 fully saturated rings. The Morgan fingerprint density at radius 3 is 2.37 bits per heavy atom. The summed E-state index contributed by atoms with van der Waals surface area (Å²) in [6.45, 7) is 1.48. The predicted octanol–water partition coefficient (Wildman–Crippen LogP) is 6.44. The van der Waals surface area contributed by atoms with E-state index >= 15 is 0 Å². The number of aromatic nitrogens is 2. The summed E-state index contributed by atoms with van der Waals surface area (Å²) in [5, 5.41) is 7.56. The number of esters is 1. The molecule has 0 atom stereocenters. The molecule has 0 radical (unpaired) electrons. The Morgan fingerprint density at radius 1 is 1.03 bits per heavy atom. The maximum Gasteiger partial charge on any atom is 0.342 e. The molecule has 7 nitrogen and oxygen atoms in total. The van der Waals surface area contributed by atoms with Gasteiger partial charge in [-0.25, -0.2) is 9.48 Å². The van der Waals surface area contributed by atoms with Crippen LogP contribution >= 0.6 is 27.5 Å². The van der Waals surface area contributed by atoms with Gasteiger partial charge in [-0.15, -0.1) is 0 Å². The van der Waals surface area contributed by atoms with Gasteiger partial charge in [0, 0.05) is 15.2 Å². The molecule has 1 heterocycles. The Balaban J connectivity index is 1.33. The zero-order chi connectivity index (χ0) is 24.8. The minimum absolute atomic E-state index is 0.301. The highest BCUT2D eigenvalue weighted by atomic mass is 79.9. The average Bonchev–Trinajstić information content (AvgIpc) is 3.29. The number of hydrogen-bond acceptors (Lipinski definition) is 5. The van der Waals surface area contributed by atoms with Crippen LogP contribution in [0.3, 0.4) is 0 Å². The van der Waals surface area contributed by atoms with Gasteiger partial charge in [0.1, 0.15) is 17.1 Å². The number of hydrogen-bond donors (Lipinski definition) is 1. The number of ether oxygens (including phenoxy) is 2. The number of carbonyl (C=O) groups excluding carboxylic acids is 2. The normalized spacial score (nSPS) is 10.6. The highest BCUT2D eigenvalue weighted by Crippen LogP contribution is 2.25. The van der Waals surface area contributed by atoms with E-state index in [2.05, 4.69) is 26.3 Å². The molecule has 4 aromatic rings.